The minimum Gasteiger partial charge on any atom is -0.399 e. The summed E-state index contributed by atoms with van der Waals surface area (Å²) in [4.78, 5) is 0. The molecule has 3 aliphatic rings. The molecular formula is C50H49BO2. The van der Waals surface area contributed by atoms with Crippen molar-refractivity contribution < 1.29 is 9.31 Å². The van der Waals surface area contributed by atoms with E-state index in [0.29, 0.717) is 0 Å². The molecule has 2 nitrogen and oxygen atoms in total. The molecule has 53 heavy (non-hydrogen) atoms. The van der Waals surface area contributed by atoms with Gasteiger partial charge in [-0.3, -0.25) is 0 Å². The van der Waals surface area contributed by atoms with Crippen molar-refractivity contribution in [2.45, 2.75) is 91.3 Å². The molecule has 0 radical (unpaired) electrons. The van der Waals surface area contributed by atoms with Gasteiger partial charge < -0.3 is 9.31 Å². The van der Waals surface area contributed by atoms with Crippen molar-refractivity contribution >= 4 is 12.6 Å². The Hall–Kier alpha value is -4.70. The van der Waals surface area contributed by atoms with E-state index in [-0.39, 0.29) is 29.2 Å². The van der Waals surface area contributed by atoms with Crippen LogP contribution in [0.15, 0.2) is 115 Å². The molecule has 0 aromatic heterocycles. The van der Waals surface area contributed by atoms with Gasteiger partial charge in [-0.05, 0) is 154 Å². The zero-order chi connectivity index (χ0) is 37.2. The van der Waals surface area contributed by atoms with Gasteiger partial charge in [0, 0.05) is 10.8 Å². The zero-order valence-corrected chi connectivity index (χ0v) is 32.9. The average molecular weight is 693 g/mol. The summed E-state index contributed by atoms with van der Waals surface area (Å²) >= 11 is 0. The summed E-state index contributed by atoms with van der Waals surface area (Å²) in [6, 6.07) is 43.6. The molecule has 264 valence electrons. The van der Waals surface area contributed by atoms with Crippen molar-refractivity contribution in [2.24, 2.45) is 0 Å². The Labute approximate surface area is 316 Å². The van der Waals surface area contributed by atoms with Gasteiger partial charge in [0.15, 0.2) is 0 Å². The van der Waals surface area contributed by atoms with E-state index in [9.17, 15) is 0 Å². The molecular weight excluding hydrogens is 643 g/mol. The molecule has 0 saturated carbocycles. The van der Waals surface area contributed by atoms with E-state index in [0.717, 1.165) is 5.46 Å². The summed E-state index contributed by atoms with van der Waals surface area (Å²) in [6.07, 6.45) is 0. The molecule has 2 aliphatic carbocycles. The second-order valence-corrected chi connectivity index (χ2v) is 17.8. The van der Waals surface area contributed by atoms with Crippen LogP contribution >= 0.6 is 0 Å². The van der Waals surface area contributed by atoms with Crippen molar-refractivity contribution in [3.63, 3.8) is 0 Å². The maximum absolute atomic E-state index is 6.31. The van der Waals surface area contributed by atoms with Gasteiger partial charge in [-0.25, -0.2) is 0 Å². The highest BCUT2D eigenvalue weighted by molar-refractivity contribution is 6.62. The van der Waals surface area contributed by atoms with Crippen LogP contribution < -0.4 is 5.46 Å². The Kier molecular flexibility index (Phi) is 7.34. The summed E-state index contributed by atoms with van der Waals surface area (Å²) in [5, 5.41) is 0. The molecule has 0 N–H and O–H groups in total. The first-order chi connectivity index (χ1) is 25.1. The van der Waals surface area contributed by atoms with Gasteiger partial charge in [-0.15, -0.1) is 0 Å². The number of hydrogen-bond donors (Lipinski definition) is 0. The van der Waals surface area contributed by atoms with Crippen LogP contribution in [0.5, 0.6) is 0 Å². The first-order valence-corrected chi connectivity index (χ1v) is 19.2. The van der Waals surface area contributed by atoms with Crippen LogP contribution in [0, 0.1) is 13.8 Å². The van der Waals surface area contributed by atoms with E-state index in [4.69, 9.17) is 9.31 Å². The second-order valence-electron chi connectivity index (χ2n) is 17.8. The smallest absolute Gasteiger partial charge is 0.399 e. The van der Waals surface area contributed by atoms with Crippen LogP contribution in [0.3, 0.4) is 0 Å². The molecule has 3 heteroatoms. The SMILES string of the molecule is Cc1cc(-c2ccc3c(c2)C(C)(C)c2cc(-c4ccc5c(c4)C(C)(C)c4ccccc4-5)ccc2-3)cc(C)c1-c1ccc(B2OC(C)(C)C(C)(C)O2)cc1. The standard InChI is InChI=1S/C50H49BO2/c1-30-25-36(26-31(2)46(30)32-15-20-37(21-16-32)51-52-49(7,8)50(9,10)53-51)35-19-24-41-40-23-18-34(28-44(40)48(5,6)45(41)29-35)33-17-22-39-38-13-11-12-14-42(38)47(3,4)43(39)27-33/h11-29H,1-10H3. The Morgan fingerprint density at radius 1 is 0.396 bits per heavy atom. The monoisotopic (exact) mass is 692 g/mol. The van der Waals surface area contributed by atoms with Crippen molar-refractivity contribution in [3.05, 3.63) is 149 Å². The van der Waals surface area contributed by atoms with Gasteiger partial charge >= 0.3 is 7.12 Å². The normalized spacial score (nSPS) is 18.0. The van der Waals surface area contributed by atoms with Gasteiger partial charge in [0.2, 0.25) is 0 Å². The fourth-order valence-electron chi connectivity index (χ4n) is 9.35. The van der Waals surface area contributed by atoms with Gasteiger partial charge in [-0.2, -0.15) is 0 Å². The Balaban J connectivity index is 1.01. The Bertz CT molecular complexity index is 2440. The lowest BCUT2D eigenvalue weighted by Crippen LogP contribution is -2.41. The van der Waals surface area contributed by atoms with Gasteiger partial charge in [0.1, 0.15) is 0 Å². The molecule has 0 amide bonds. The van der Waals surface area contributed by atoms with Crippen molar-refractivity contribution in [3.8, 4) is 55.6 Å². The topological polar surface area (TPSA) is 18.5 Å². The Morgan fingerprint density at radius 3 is 1.28 bits per heavy atom. The molecule has 0 bridgehead atoms. The third kappa shape index (κ3) is 5.08. The summed E-state index contributed by atoms with van der Waals surface area (Å²) in [6.45, 7) is 22.4. The van der Waals surface area contributed by atoms with Crippen LogP contribution in [0.25, 0.3) is 55.6 Å². The molecule has 9 rings (SSSR count). The van der Waals surface area contributed by atoms with Crippen molar-refractivity contribution in [1.82, 2.24) is 0 Å². The third-order valence-electron chi connectivity index (χ3n) is 13.2. The minimum atomic E-state index is -0.356. The van der Waals surface area contributed by atoms with E-state index < -0.39 is 0 Å². The van der Waals surface area contributed by atoms with Gasteiger partial charge in [0.25, 0.3) is 0 Å². The van der Waals surface area contributed by atoms with E-state index in [1.165, 1.54) is 89.0 Å². The van der Waals surface area contributed by atoms with Crippen LogP contribution in [0.4, 0.5) is 0 Å². The predicted octanol–water partition coefficient (Wildman–Crippen LogP) is 12.2. The maximum atomic E-state index is 6.31. The van der Waals surface area contributed by atoms with E-state index in [2.05, 4.69) is 184 Å². The summed E-state index contributed by atoms with van der Waals surface area (Å²) in [5.41, 5.74) is 21.4. The highest BCUT2D eigenvalue weighted by Gasteiger charge is 2.51. The number of fused-ring (bicyclic) bond motifs is 6. The number of rotatable bonds is 4. The van der Waals surface area contributed by atoms with Gasteiger partial charge in [-0.1, -0.05) is 125 Å². The highest BCUT2D eigenvalue weighted by atomic mass is 16.7. The van der Waals surface area contributed by atoms with E-state index in [1.807, 2.05) is 0 Å². The fraction of sp³-hybridized carbons (Fsp3) is 0.280. The largest absolute Gasteiger partial charge is 0.494 e. The molecule has 0 spiro atoms. The number of benzene rings is 6. The second kappa shape index (κ2) is 11.4. The van der Waals surface area contributed by atoms with Crippen molar-refractivity contribution in [1.29, 1.82) is 0 Å². The zero-order valence-electron chi connectivity index (χ0n) is 32.9. The molecule has 1 heterocycles. The van der Waals surface area contributed by atoms with Crippen LogP contribution in [0.1, 0.15) is 88.8 Å². The molecule has 0 atom stereocenters. The quantitative estimate of drug-likeness (QED) is 0.171. The van der Waals surface area contributed by atoms with Crippen molar-refractivity contribution in [2.75, 3.05) is 0 Å². The van der Waals surface area contributed by atoms with Crippen LogP contribution in [-0.2, 0) is 20.1 Å². The lowest BCUT2D eigenvalue weighted by molar-refractivity contribution is 0.00578. The summed E-state index contributed by atoms with van der Waals surface area (Å²) in [7, 11) is -0.356. The molecule has 1 saturated heterocycles. The highest BCUT2D eigenvalue weighted by Crippen LogP contribution is 2.53. The predicted molar refractivity (Wildman–Crippen MR) is 223 cm³/mol. The lowest BCUT2D eigenvalue weighted by atomic mass is 9.78. The fourth-order valence-corrected chi connectivity index (χ4v) is 9.35. The first kappa shape index (κ1) is 34.1. The average Bonchev–Trinajstić information content (AvgIpc) is 3.60. The summed E-state index contributed by atoms with van der Waals surface area (Å²) < 4.78 is 12.6. The number of aryl methyl sites for hydroxylation is 2. The molecule has 6 aromatic carbocycles. The number of hydrogen-bond acceptors (Lipinski definition) is 2. The van der Waals surface area contributed by atoms with E-state index in [1.54, 1.807) is 0 Å². The minimum absolute atomic E-state index is 0.0146. The molecule has 1 fully saturated rings. The molecule has 1 aliphatic heterocycles. The van der Waals surface area contributed by atoms with Crippen LogP contribution in [0.2, 0.25) is 0 Å². The third-order valence-corrected chi connectivity index (χ3v) is 13.2. The maximum Gasteiger partial charge on any atom is 0.494 e. The van der Waals surface area contributed by atoms with Crippen LogP contribution in [-0.4, -0.2) is 18.3 Å². The molecule has 6 aromatic rings. The Morgan fingerprint density at radius 2 is 0.792 bits per heavy atom. The summed E-state index contributed by atoms with van der Waals surface area (Å²) in [5.74, 6) is 0. The van der Waals surface area contributed by atoms with Gasteiger partial charge in [0.05, 0.1) is 11.2 Å². The van der Waals surface area contributed by atoms with E-state index >= 15 is 0 Å². The lowest BCUT2D eigenvalue weighted by Gasteiger charge is -2.32. The first-order valence-electron chi connectivity index (χ1n) is 19.2. The molecule has 0 unspecified atom stereocenters.